The van der Waals surface area contributed by atoms with Gasteiger partial charge in [-0.15, -0.1) is 0 Å². The van der Waals surface area contributed by atoms with E-state index in [-0.39, 0.29) is 10.9 Å². The predicted molar refractivity (Wildman–Crippen MR) is 91.6 cm³/mol. The molecule has 3 aliphatic rings. The average molecular weight is 381 g/mol. The Morgan fingerprint density at radius 2 is 1.79 bits per heavy atom. The topological polar surface area (TPSA) is 92.8 Å². The van der Waals surface area contributed by atoms with Crippen molar-refractivity contribution in [1.29, 1.82) is 0 Å². The number of ether oxygens (including phenoxy) is 1. The largest absolute Gasteiger partial charge is 0.375 e. The minimum Gasteiger partial charge on any atom is -0.375 e. The normalized spacial score (nSPS) is 29.0. The van der Waals surface area contributed by atoms with Crippen molar-refractivity contribution in [3.05, 3.63) is 0 Å². The molecule has 3 fully saturated rings. The van der Waals surface area contributed by atoms with Crippen LogP contribution < -0.4 is 4.72 Å². The highest BCUT2D eigenvalue weighted by Gasteiger charge is 2.46. The van der Waals surface area contributed by atoms with Crippen LogP contribution in [0.5, 0.6) is 0 Å². The third-order valence-electron chi connectivity index (χ3n) is 5.45. The molecule has 2 saturated heterocycles. The number of nitrogens with zero attached hydrogens (tertiary/aromatic N) is 1. The van der Waals surface area contributed by atoms with E-state index in [1.807, 2.05) is 0 Å². The monoisotopic (exact) mass is 380 g/mol. The van der Waals surface area contributed by atoms with Gasteiger partial charge < -0.3 is 4.74 Å². The molecule has 2 aliphatic heterocycles. The minimum atomic E-state index is -3.14. The molecule has 0 aromatic carbocycles. The van der Waals surface area contributed by atoms with E-state index < -0.39 is 20.0 Å². The summed E-state index contributed by atoms with van der Waals surface area (Å²) in [5, 5.41) is -0.145. The molecule has 0 aromatic heterocycles. The molecular formula is C15H28N2O5S2. The van der Waals surface area contributed by atoms with Crippen molar-refractivity contribution in [3.63, 3.8) is 0 Å². The van der Waals surface area contributed by atoms with Gasteiger partial charge in [0.25, 0.3) is 0 Å². The van der Waals surface area contributed by atoms with Crippen LogP contribution in [0.25, 0.3) is 0 Å². The fourth-order valence-electron chi connectivity index (χ4n) is 3.90. The molecule has 2 heterocycles. The summed E-state index contributed by atoms with van der Waals surface area (Å²) in [6.07, 6.45) is 6.92. The molecule has 24 heavy (non-hydrogen) atoms. The van der Waals surface area contributed by atoms with Crippen molar-refractivity contribution >= 4 is 20.0 Å². The molecule has 1 spiro atoms. The fourth-order valence-corrected chi connectivity index (χ4v) is 6.23. The molecule has 0 bridgehead atoms. The van der Waals surface area contributed by atoms with Gasteiger partial charge in [-0.3, -0.25) is 0 Å². The Labute approximate surface area is 145 Å². The number of nitrogens with one attached hydrogen (secondary N) is 1. The molecule has 1 saturated carbocycles. The number of sulfonamides is 2. The lowest BCUT2D eigenvalue weighted by Gasteiger charge is -2.46. The van der Waals surface area contributed by atoms with Crippen molar-refractivity contribution in [2.75, 3.05) is 32.5 Å². The minimum absolute atomic E-state index is 0.145. The van der Waals surface area contributed by atoms with E-state index in [4.69, 9.17) is 4.74 Å². The molecule has 9 heteroatoms. The van der Waals surface area contributed by atoms with E-state index in [0.29, 0.717) is 32.2 Å². The van der Waals surface area contributed by atoms with Crippen LogP contribution >= 0.6 is 0 Å². The summed E-state index contributed by atoms with van der Waals surface area (Å²) in [4.78, 5) is 0. The SMILES string of the molecule is CS(=O)(=O)NCCC1CCOC2(CCN(S(=O)(=O)C3CC3)CC2)C1. The first kappa shape index (κ1) is 18.6. The highest BCUT2D eigenvalue weighted by atomic mass is 32.2. The van der Waals surface area contributed by atoms with Gasteiger partial charge in [0.05, 0.1) is 17.1 Å². The molecule has 0 radical (unpaired) electrons. The Bertz CT molecular complexity index is 649. The first-order valence-electron chi connectivity index (χ1n) is 8.78. The second-order valence-electron chi connectivity index (χ2n) is 7.49. The van der Waals surface area contributed by atoms with Crippen molar-refractivity contribution in [3.8, 4) is 0 Å². The first-order chi connectivity index (χ1) is 11.2. The zero-order valence-electron chi connectivity index (χ0n) is 14.2. The highest BCUT2D eigenvalue weighted by molar-refractivity contribution is 7.90. The number of hydrogen-bond acceptors (Lipinski definition) is 5. The summed E-state index contributed by atoms with van der Waals surface area (Å²) >= 11 is 0. The molecule has 1 N–H and O–H groups in total. The Morgan fingerprint density at radius 1 is 1.12 bits per heavy atom. The van der Waals surface area contributed by atoms with Gasteiger partial charge in [0.1, 0.15) is 0 Å². The fraction of sp³-hybridized carbons (Fsp3) is 1.00. The molecule has 1 aliphatic carbocycles. The molecular weight excluding hydrogens is 352 g/mol. The lowest BCUT2D eigenvalue weighted by Crippen LogP contribution is -2.51. The van der Waals surface area contributed by atoms with Crippen LogP contribution in [0.3, 0.4) is 0 Å². The quantitative estimate of drug-likeness (QED) is 0.731. The predicted octanol–water partition coefficient (Wildman–Crippen LogP) is 0.679. The maximum Gasteiger partial charge on any atom is 0.216 e. The molecule has 1 unspecified atom stereocenters. The molecule has 0 amide bonds. The van der Waals surface area contributed by atoms with E-state index in [1.54, 1.807) is 4.31 Å². The number of rotatable bonds is 6. The number of hydrogen-bond donors (Lipinski definition) is 1. The maximum absolute atomic E-state index is 12.3. The van der Waals surface area contributed by atoms with Gasteiger partial charge in [0.2, 0.25) is 20.0 Å². The lowest BCUT2D eigenvalue weighted by molar-refractivity contribution is -0.121. The van der Waals surface area contributed by atoms with Gasteiger partial charge in [-0.1, -0.05) is 0 Å². The summed E-state index contributed by atoms with van der Waals surface area (Å²) in [5.74, 6) is 0.430. The van der Waals surface area contributed by atoms with E-state index in [1.165, 1.54) is 6.26 Å². The second kappa shape index (κ2) is 6.83. The summed E-state index contributed by atoms with van der Waals surface area (Å²) < 4.78 is 57.3. The zero-order chi connectivity index (χ0) is 17.4. The zero-order valence-corrected chi connectivity index (χ0v) is 15.9. The highest BCUT2D eigenvalue weighted by Crippen LogP contribution is 2.40. The summed E-state index contributed by atoms with van der Waals surface area (Å²) in [7, 11) is -6.23. The van der Waals surface area contributed by atoms with Gasteiger partial charge in [0.15, 0.2) is 0 Å². The van der Waals surface area contributed by atoms with Gasteiger partial charge in [-0.25, -0.2) is 25.9 Å². The molecule has 3 rings (SSSR count). The van der Waals surface area contributed by atoms with Crippen LogP contribution in [0.15, 0.2) is 0 Å². The summed E-state index contributed by atoms with van der Waals surface area (Å²) in [6.45, 7) is 2.24. The molecule has 7 nitrogen and oxygen atoms in total. The Hall–Kier alpha value is -0.220. The van der Waals surface area contributed by atoms with Crippen LogP contribution in [0.1, 0.15) is 44.9 Å². The van der Waals surface area contributed by atoms with Crippen molar-refractivity contribution < 1.29 is 21.6 Å². The van der Waals surface area contributed by atoms with Crippen LogP contribution in [0.2, 0.25) is 0 Å². The summed E-state index contributed by atoms with van der Waals surface area (Å²) in [5.41, 5.74) is -0.219. The smallest absolute Gasteiger partial charge is 0.216 e. The number of piperidine rings is 1. The van der Waals surface area contributed by atoms with Gasteiger partial charge in [-0.2, -0.15) is 0 Å². The second-order valence-corrected chi connectivity index (χ2v) is 11.5. The standard InChI is InChI=1S/C15H28N2O5S2/c1-23(18,19)16-8-4-13-5-11-22-15(12-13)6-9-17(10-7-15)24(20,21)14-2-3-14/h13-14,16H,2-12H2,1H3. The van der Waals surface area contributed by atoms with Crippen LogP contribution in [0, 0.1) is 5.92 Å². The third kappa shape index (κ3) is 4.49. The van der Waals surface area contributed by atoms with Gasteiger partial charge in [0, 0.05) is 26.2 Å². The van der Waals surface area contributed by atoms with Gasteiger partial charge in [-0.05, 0) is 50.9 Å². The van der Waals surface area contributed by atoms with E-state index in [0.717, 1.165) is 44.9 Å². The van der Waals surface area contributed by atoms with Crippen molar-refractivity contribution in [1.82, 2.24) is 9.03 Å². The van der Waals surface area contributed by atoms with Crippen molar-refractivity contribution in [2.24, 2.45) is 5.92 Å². The van der Waals surface area contributed by atoms with Gasteiger partial charge >= 0.3 is 0 Å². The van der Waals surface area contributed by atoms with Crippen LogP contribution in [-0.4, -0.2) is 64.5 Å². The van der Waals surface area contributed by atoms with E-state index in [9.17, 15) is 16.8 Å². The van der Waals surface area contributed by atoms with E-state index >= 15 is 0 Å². The Morgan fingerprint density at radius 3 is 2.38 bits per heavy atom. The third-order valence-corrected chi connectivity index (χ3v) is 8.58. The van der Waals surface area contributed by atoms with Crippen LogP contribution in [-0.2, 0) is 24.8 Å². The Kier molecular flexibility index (Phi) is 5.28. The average Bonchev–Trinajstić information content (AvgIpc) is 3.31. The van der Waals surface area contributed by atoms with Crippen LogP contribution in [0.4, 0.5) is 0 Å². The lowest BCUT2D eigenvalue weighted by atomic mass is 9.79. The Balaban J connectivity index is 1.51. The summed E-state index contributed by atoms with van der Waals surface area (Å²) in [6, 6.07) is 0. The van der Waals surface area contributed by atoms with E-state index in [2.05, 4.69) is 4.72 Å². The van der Waals surface area contributed by atoms with Crippen molar-refractivity contribution in [2.45, 2.75) is 55.8 Å². The molecule has 0 aromatic rings. The first-order valence-corrected chi connectivity index (χ1v) is 12.2. The molecule has 140 valence electrons. The molecule has 1 atom stereocenters. The maximum atomic E-state index is 12.3.